The minimum atomic E-state index is 0.643. The lowest BCUT2D eigenvalue weighted by Gasteiger charge is -2.10. The Labute approximate surface area is 327 Å². The molecule has 0 bridgehead atoms. The van der Waals surface area contributed by atoms with Crippen LogP contribution in [0.5, 0.6) is 0 Å². The van der Waals surface area contributed by atoms with Crippen molar-refractivity contribution in [1.82, 2.24) is 15.0 Å². The second-order valence-corrected chi connectivity index (χ2v) is 15.1. The van der Waals surface area contributed by atoms with Crippen LogP contribution < -0.4 is 0 Å². The Bertz CT molecular complexity index is 3240. The van der Waals surface area contributed by atoms with Gasteiger partial charge in [0.25, 0.3) is 0 Å². The second kappa shape index (κ2) is 13.3. The molecule has 11 rings (SSSR count). The Kier molecular flexibility index (Phi) is 7.64. The van der Waals surface area contributed by atoms with Crippen LogP contribution in [0.3, 0.4) is 0 Å². The van der Waals surface area contributed by atoms with Gasteiger partial charge >= 0.3 is 0 Å². The van der Waals surface area contributed by atoms with Crippen LogP contribution in [0, 0.1) is 0 Å². The number of aromatic nitrogens is 3. The van der Waals surface area contributed by atoms with Gasteiger partial charge in [-0.3, -0.25) is 0 Å². The predicted molar refractivity (Wildman–Crippen MR) is 233 cm³/mol. The van der Waals surface area contributed by atoms with E-state index in [9.17, 15) is 0 Å². The van der Waals surface area contributed by atoms with Gasteiger partial charge in [-0.05, 0) is 75.8 Å². The molecule has 0 aliphatic heterocycles. The molecule has 0 saturated carbocycles. The second-order valence-electron chi connectivity index (χ2n) is 14.0. The molecule has 8 aromatic carbocycles. The third-order valence-corrected chi connectivity index (χ3v) is 11.7. The van der Waals surface area contributed by atoms with E-state index in [-0.39, 0.29) is 0 Å². The first-order valence-corrected chi connectivity index (χ1v) is 19.5. The summed E-state index contributed by atoms with van der Waals surface area (Å²) >= 11 is 1.79. The molecule has 0 saturated heterocycles. The van der Waals surface area contributed by atoms with E-state index in [2.05, 4.69) is 140 Å². The molecular formula is C51H31N3OS. The summed E-state index contributed by atoms with van der Waals surface area (Å²) in [4.78, 5) is 15.1. The molecule has 0 aliphatic rings. The smallest absolute Gasteiger partial charge is 0.164 e. The van der Waals surface area contributed by atoms with Gasteiger partial charge in [-0.2, -0.15) is 0 Å². The average molecular weight is 734 g/mol. The number of para-hydroxylation sites is 1. The molecule has 0 amide bonds. The number of benzene rings is 8. The number of furan rings is 1. The SMILES string of the molecule is c1ccc(-c2cccc(-c3nc(-c4ccccc4)nc(-c4ccc5c(c4)sc4ccc(-c6cc(-c7ccccc7)c7c(c6)oc6ccccc67)cc45)n3)c2)cc1. The first kappa shape index (κ1) is 32.2. The maximum Gasteiger partial charge on any atom is 0.164 e. The van der Waals surface area contributed by atoms with Crippen molar-refractivity contribution in [1.29, 1.82) is 0 Å². The maximum atomic E-state index is 6.46. The molecule has 3 heterocycles. The summed E-state index contributed by atoms with van der Waals surface area (Å²) in [5, 5.41) is 4.70. The topological polar surface area (TPSA) is 51.8 Å². The highest BCUT2D eigenvalue weighted by atomic mass is 32.1. The fourth-order valence-electron chi connectivity index (χ4n) is 7.78. The molecular weight excluding hydrogens is 703 g/mol. The molecule has 11 aromatic rings. The standard InChI is InChI=1S/C51H31N3OS/c1-4-13-32(14-5-1)35-19-12-20-37(27-35)50-52-49(34-17-8-3-9-18-34)53-51(54-50)38-23-25-40-43-28-36(24-26-46(43)56-47(40)31-38)39-29-42(33-15-6-2-7-16-33)48-41-21-10-11-22-44(41)55-45(48)30-39/h1-31H. The molecule has 0 unspecified atom stereocenters. The third kappa shape index (κ3) is 5.65. The largest absolute Gasteiger partial charge is 0.456 e. The Hall–Kier alpha value is -7.21. The lowest BCUT2D eigenvalue weighted by molar-refractivity contribution is 0.669. The van der Waals surface area contributed by atoms with Crippen molar-refractivity contribution in [3.8, 4) is 67.5 Å². The quantitative estimate of drug-likeness (QED) is 0.171. The van der Waals surface area contributed by atoms with E-state index in [0.29, 0.717) is 17.5 Å². The van der Waals surface area contributed by atoms with E-state index < -0.39 is 0 Å². The Morgan fingerprint density at radius 1 is 0.321 bits per heavy atom. The van der Waals surface area contributed by atoms with Crippen LogP contribution in [0.25, 0.3) is 110 Å². The average Bonchev–Trinajstić information content (AvgIpc) is 3.84. The minimum Gasteiger partial charge on any atom is -0.456 e. The zero-order valence-corrected chi connectivity index (χ0v) is 30.9. The van der Waals surface area contributed by atoms with Gasteiger partial charge in [0.15, 0.2) is 17.5 Å². The van der Waals surface area contributed by atoms with Crippen molar-refractivity contribution in [2.75, 3.05) is 0 Å². The van der Waals surface area contributed by atoms with Gasteiger partial charge < -0.3 is 4.42 Å². The summed E-state index contributed by atoms with van der Waals surface area (Å²) < 4.78 is 8.87. The van der Waals surface area contributed by atoms with E-state index in [4.69, 9.17) is 19.4 Å². The fraction of sp³-hybridized carbons (Fsp3) is 0. The molecule has 4 nitrogen and oxygen atoms in total. The van der Waals surface area contributed by atoms with Crippen molar-refractivity contribution in [2.45, 2.75) is 0 Å². The number of hydrogen-bond acceptors (Lipinski definition) is 5. The van der Waals surface area contributed by atoms with Gasteiger partial charge in [0, 0.05) is 47.6 Å². The summed E-state index contributed by atoms with van der Waals surface area (Å²) in [7, 11) is 0. The number of rotatable bonds is 6. The molecule has 0 spiro atoms. The fourth-order valence-corrected chi connectivity index (χ4v) is 8.91. The van der Waals surface area contributed by atoms with Crippen molar-refractivity contribution < 1.29 is 4.42 Å². The zero-order valence-electron chi connectivity index (χ0n) is 30.1. The van der Waals surface area contributed by atoms with Crippen LogP contribution in [-0.4, -0.2) is 15.0 Å². The van der Waals surface area contributed by atoms with Gasteiger partial charge in [0.1, 0.15) is 11.2 Å². The predicted octanol–water partition coefficient (Wildman–Crippen LogP) is 14.1. The van der Waals surface area contributed by atoms with E-state index in [1.54, 1.807) is 11.3 Å². The van der Waals surface area contributed by atoms with Crippen molar-refractivity contribution in [3.05, 3.63) is 188 Å². The van der Waals surface area contributed by atoms with E-state index in [1.807, 2.05) is 48.5 Å². The van der Waals surface area contributed by atoms with Crippen molar-refractivity contribution >= 4 is 53.4 Å². The van der Waals surface area contributed by atoms with E-state index >= 15 is 0 Å². The molecule has 0 aliphatic carbocycles. The van der Waals surface area contributed by atoms with Gasteiger partial charge in [-0.15, -0.1) is 11.3 Å². The molecule has 0 radical (unpaired) electrons. The lowest BCUT2D eigenvalue weighted by Crippen LogP contribution is -2.00. The van der Waals surface area contributed by atoms with Crippen molar-refractivity contribution in [2.24, 2.45) is 0 Å². The minimum absolute atomic E-state index is 0.643. The summed E-state index contributed by atoms with van der Waals surface area (Å²) in [5.41, 5.74) is 11.5. The molecule has 0 atom stereocenters. The van der Waals surface area contributed by atoms with Gasteiger partial charge in [0.2, 0.25) is 0 Å². The first-order chi connectivity index (χ1) is 27.7. The van der Waals surface area contributed by atoms with Gasteiger partial charge in [-0.25, -0.2) is 15.0 Å². The van der Waals surface area contributed by atoms with Crippen LogP contribution in [-0.2, 0) is 0 Å². The van der Waals surface area contributed by atoms with Crippen LogP contribution in [0.15, 0.2) is 192 Å². The van der Waals surface area contributed by atoms with Crippen LogP contribution >= 0.6 is 11.3 Å². The summed E-state index contributed by atoms with van der Waals surface area (Å²) in [6.45, 7) is 0. The van der Waals surface area contributed by atoms with Crippen LogP contribution in [0.2, 0.25) is 0 Å². The van der Waals surface area contributed by atoms with Crippen LogP contribution in [0.1, 0.15) is 0 Å². The van der Waals surface area contributed by atoms with Gasteiger partial charge in [0.05, 0.1) is 0 Å². The molecule has 5 heteroatoms. The Morgan fingerprint density at radius 3 is 1.68 bits per heavy atom. The van der Waals surface area contributed by atoms with Gasteiger partial charge in [-0.1, -0.05) is 146 Å². The summed E-state index contributed by atoms with van der Waals surface area (Å²) in [6.07, 6.45) is 0. The summed E-state index contributed by atoms with van der Waals surface area (Å²) in [6, 6.07) is 65.7. The Balaban J connectivity index is 1.02. The third-order valence-electron chi connectivity index (χ3n) is 10.5. The molecule has 3 aromatic heterocycles. The molecule has 262 valence electrons. The Morgan fingerprint density at radius 2 is 0.911 bits per heavy atom. The highest BCUT2D eigenvalue weighted by Gasteiger charge is 2.18. The molecule has 56 heavy (non-hydrogen) atoms. The first-order valence-electron chi connectivity index (χ1n) is 18.7. The van der Waals surface area contributed by atoms with Crippen LogP contribution in [0.4, 0.5) is 0 Å². The number of nitrogens with zero attached hydrogens (tertiary/aromatic N) is 3. The highest BCUT2D eigenvalue weighted by Crippen LogP contribution is 2.42. The van der Waals surface area contributed by atoms with Crippen molar-refractivity contribution in [3.63, 3.8) is 0 Å². The number of hydrogen-bond donors (Lipinski definition) is 0. The molecule has 0 N–H and O–H groups in total. The lowest BCUT2D eigenvalue weighted by atomic mass is 9.94. The maximum absolute atomic E-state index is 6.46. The zero-order chi connectivity index (χ0) is 37.0. The number of thiophene rings is 1. The van der Waals surface area contributed by atoms with E-state index in [0.717, 1.165) is 60.9 Å². The molecule has 0 fully saturated rings. The number of fused-ring (bicyclic) bond motifs is 6. The highest BCUT2D eigenvalue weighted by molar-refractivity contribution is 7.25. The monoisotopic (exact) mass is 733 g/mol. The summed E-state index contributed by atoms with van der Waals surface area (Å²) in [5.74, 6) is 1.93. The normalized spacial score (nSPS) is 11.6. The van der Waals surface area contributed by atoms with E-state index in [1.165, 1.54) is 31.3 Å².